The van der Waals surface area contributed by atoms with Crippen molar-refractivity contribution >= 4 is 23.0 Å². The highest BCUT2D eigenvalue weighted by atomic mass is 127. The van der Waals surface area contributed by atoms with Crippen LogP contribution in [0.5, 0.6) is 0 Å². The molecule has 0 bridgehead atoms. The molecule has 0 radical (unpaired) electrons. The lowest BCUT2D eigenvalue weighted by Crippen LogP contribution is -3.98. The van der Waals surface area contributed by atoms with Crippen molar-refractivity contribution in [3.63, 3.8) is 0 Å². The molecule has 0 aliphatic carbocycles. The lowest BCUT2D eigenvalue weighted by atomic mass is 16.0. The molecule has 0 aromatic carbocycles. The van der Waals surface area contributed by atoms with Crippen molar-refractivity contribution in [2.75, 3.05) is 0 Å². The third kappa shape index (κ3) is 5.34. The maximum atomic E-state index is 9.27. The molecule has 0 unspecified atom stereocenters. The van der Waals surface area contributed by atoms with Crippen LogP contribution >= 0.6 is 23.0 Å². The lowest BCUT2D eigenvalue weighted by molar-refractivity contribution is -1.62. The van der Waals surface area contributed by atoms with E-state index in [1.165, 1.54) is 23.0 Å². The van der Waals surface area contributed by atoms with Gasteiger partial charge >= 0.3 is 21.1 Å². The van der Waals surface area contributed by atoms with Gasteiger partial charge in [0.1, 0.15) is 0 Å². The smallest absolute Gasteiger partial charge is 0.395 e. The first kappa shape index (κ1) is 6.34. The molecule has 0 aromatic heterocycles. The fourth-order valence-electron chi connectivity index (χ4n) is 0. The van der Waals surface area contributed by atoms with E-state index in [2.05, 4.69) is 1.40 Å². The van der Waals surface area contributed by atoms with Crippen molar-refractivity contribution in [1.29, 1.82) is 0 Å². The van der Waals surface area contributed by atoms with E-state index in [0.717, 1.165) is 0 Å². The minimum absolute atomic E-state index is 1.32. The molecule has 0 aliphatic heterocycles. The molecule has 32 valence electrons. The van der Waals surface area contributed by atoms with Crippen LogP contribution in [0.1, 0.15) is 0 Å². The average Bonchev–Trinajstić information content (AvgIpc) is 1.38. The molecule has 0 fully saturated rings. The van der Waals surface area contributed by atoms with Crippen LogP contribution in [0, 0.1) is 0 Å². The predicted octanol–water partition coefficient (Wildman–Crippen LogP) is -4.56. The van der Waals surface area contributed by atoms with E-state index >= 15 is 0 Å². The van der Waals surface area contributed by atoms with Gasteiger partial charge in [-0.3, -0.25) is 0 Å². The summed E-state index contributed by atoms with van der Waals surface area (Å²) in [6.45, 7) is 0. The zero-order valence-electron chi connectivity index (χ0n) is 1.98. The number of rotatable bonds is 1. The van der Waals surface area contributed by atoms with E-state index in [4.69, 9.17) is 0 Å². The Morgan fingerprint density at radius 1 is 1.60 bits per heavy atom. The molecule has 0 rings (SSSR count). The van der Waals surface area contributed by atoms with E-state index in [1.54, 1.807) is 0 Å². The molecule has 0 amide bonds. The standard InChI is InChI=1S/I2O3/c1-5-2(3)4. The Kier molecular flexibility index (Phi) is 4.47. The van der Waals surface area contributed by atoms with Gasteiger partial charge in [-0.2, -0.15) is 0 Å². The summed E-state index contributed by atoms with van der Waals surface area (Å²) in [4.78, 5) is 0. The topological polar surface area (TPSA) is 55.3 Å². The summed E-state index contributed by atoms with van der Waals surface area (Å²) in [6, 6.07) is 0. The quantitative estimate of drug-likeness (QED) is 0.458. The van der Waals surface area contributed by atoms with Crippen LogP contribution in [0.15, 0.2) is 0 Å². The second kappa shape index (κ2) is 3.53. The Labute approximate surface area is 52.1 Å². The molecule has 0 heterocycles. The third-order valence-electron chi connectivity index (χ3n) is 0.0476. The molecule has 0 aliphatic rings. The highest BCUT2D eigenvalue weighted by Gasteiger charge is 2.04. The largest absolute Gasteiger partial charge is 0.518 e. The fraction of sp³-hybridized carbons (Fsp3) is 0. The van der Waals surface area contributed by atoms with Gasteiger partial charge in [0, 0.05) is 1.40 Å². The maximum absolute atomic E-state index is 9.27. The first-order valence-electron chi connectivity index (χ1n) is 0.617. The van der Waals surface area contributed by atoms with E-state index in [9.17, 15) is 6.87 Å². The lowest BCUT2D eigenvalue weighted by Gasteiger charge is -1.74. The summed E-state index contributed by atoms with van der Waals surface area (Å²) in [5, 5.41) is 0. The number of hydrogen-bond donors (Lipinski definition) is 0. The Bertz CT molecular complexity index is 18.9. The highest BCUT2D eigenvalue weighted by Crippen LogP contribution is 1.60. The Balaban J connectivity index is 2.54. The first-order valence-corrected chi connectivity index (χ1v) is 4.14. The van der Waals surface area contributed by atoms with E-state index in [0.29, 0.717) is 0 Å². The number of halogens is 2. The van der Waals surface area contributed by atoms with Gasteiger partial charge in [-0.1, -0.05) is 0 Å². The molecule has 0 saturated carbocycles. The zero-order valence-corrected chi connectivity index (χ0v) is 6.30. The molecule has 0 saturated heterocycles. The summed E-state index contributed by atoms with van der Waals surface area (Å²) < 4.78 is 22.3. The second-order valence-corrected chi connectivity index (χ2v) is 3.89. The minimum atomic E-state index is -3.30. The van der Waals surface area contributed by atoms with Crippen molar-refractivity contribution in [3.8, 4) is 0 Å². The van der Waals surface area contributed by atoms with Crippen LogP contribution in [0.25, 0.3) is 0 Å². The van der Waals surface area contributed by atoms with Crippen molar-refractivity contribution in [1.82, 2.24) is 0 Å². The average molecular weight is 302 g/mol. The van der Waals surface area contributed by atoms with Gasteiger partial charge in [-0.15, -0.1) is 0 Å². The van der Waals surface area contributed by atoms with Crippen molar-refractivity contribution in [3.05, 3.63) is 0 Å². The van der Waals surface area contributed by atoms with Gasteiger partial charge in [-0.25, -0.2) is 0 Å². The van der Waals surface area contributed by atoms with Crippen LogP contribution in [0.4, 0.5) is 0 Å². The fourth-order valence-corrected chi connectivity index (χ4v) is 0. The van der Waals surface area contributed by atoms with Crippen LogP contribution in [-0.4, -0.2) is 0 Å². The number of hydrogen-bond acceptors (Lipinski definition) is 3. The van der Waals surface area contributed by atoms with Crippen LogP contribution in [0.3, 0.4) is 0 Å². The van der Waals surface area contributed by atoms with E-state index in [-0.39, 0.29) is 0 Å². The molecular weight excluding hydrogens is 302 g/mol. The van der Waals surface area contributed by atoms with Crippen LogP contribution < -0.4 is 27.9 Å². The normalized spacial score (nSPS) is 9.60. The van der Waals surface area contributed by atoms with Gasteiger partial charge < -0.3 is 6.87 Å². The molecule has 5 heavy (non-hydrogen) atoms. The van der Waals surface area contributed by atoms with Crippen molar-refractivity contribution < 1.29 is 29.3 Å². The monoisotopic (exact) mass is 302 g/mol. The van der Waals surface area contributed by atoms with Crippen LogP contribution in [0.2, 0.25) is 0 Å². The van der Waals surface area contributed by atoms with Gasteiger partial charge in [0.05, 0.1) is 0 Å². The maximum Gasteiger partial charge on any atom is 0.518 e. The summed E-state index contributed by atoms with van der Waals surface area (Å²) in [7, 11) is 0. The van der Waals surface area contributed by atoms with E-state index in [1.807, 2.05) is 0 Å². The Hall–Kier alpha value is 1.34. The summed E-state index contributed by atoms with van der Waals surface area (Å²) >= 11 is -1.97. The predicted molar refractivity (Wildman–Crippen MR) is 15.1 cm³/mol. The van der Waals surface area contributed by atoms with Crippen LogP contribution in [-0.2, 0) is 1.40 Å². The third-order valence-corrected chi connectivity index (χ3v) is 2.14. The molecular formula is I2O3. The molecule has 5 heteroatoms. The van der Waals surface area contributed by atoms with Crippen molar-refractivity contribution in [2.24, 2.45) is 0 Å². The van der Waals surface area contributed by atoms with E-state index < -0.39 is 21.1 Å². The molecule has 0 aromatic rings. The summed E-state index contributed by atoms with van der Waals surface area (Å²) in [5.74, 6) is 0. The van der Waals surface area contributed by atoms with Gasteiger partial charge in [0.2, 0.25) is 23.0 Å². The van der Waals surface area contributed by atoms with Gasteiger partial charge in [-0.05, 0) is 0 Å². The highest BCUT2D eigenvalue weighted by molar-refractivity contribution is 14.1. The second-order valence-electron chi connectivity index (χ2n) is 0.247. The minimum Gasteiger partial charge on any atom is -0.395 e. The Morgan fingerprint density at radius 2 is 1.80 bits per heavy atom. The molecule has 0 N–H and O–H groups in total. The SMILES string of the molecule is [O-][I+2]([O-])OI. The molecule has 3 nitrogen and oxygen atoms in total. The Morgan fingerprint density at radius 3 is 1.80 bits per heavy atom. The van der Waals surface area contributed by atoms with Crippen molar-refractivity contribution in [2.45, 2.75) is 0 Å². The summed E-state index contributed by atoms with van der Waals surface area (Å²) in [5.41, 5.74) is 0. The van der Waals surface area contributed by atoms with Gasteiger partial charge in [0.25, 0.3) is 0 Å². The first-order chi connectivity index (χ1) is 2.27. The molecule has 0 spiro atoms. The molecule has 0 atom stereocenters. The summed E-state index contributed by atoms with van der Waals surface area (Å²) in [6.07, 6.45) is 0. The zero-order chi connectivity index (χ0) is 4.28. The van der Waals surface area contributed by atoms with Gasteiger partial charge in [0.15, 0.2) is 0 Å².